The summed E-state index contributed by atoms with van der Waals surface area (Å²) < 4.78 is 0.736. The van der Waals surface area contributed by atoms with Crippen molar-refractivity contribution >= 4 is 40.0 Å². The van der Waals surface area contributed by atoms with E-state index in [9.17, 15) is 9.59 Å². The Morgan fingerprint density at radius 2 is 1.61 bits per heavy atom. The molecule has 2 amide bonds. The SMILES string of the molecule is CC(C)C(=O)Nc1nnc(SCC(=O)N(C2CCCCC2)C2CCCCC2)s1. The molecule has 1 aromatic heterocycles. The number of rotatable bonds is 7. The lowest BCUT2D eigenvalue weighted by atomic mass is 9.88. The fourth-order valence-electron chi connectivity index (χ4n) is 4.19. The molecule has 1 heterocycles. The average molecular weight is 425 g/mol. The molecule has 2 saturated carbocycles. The molecule has 0 saturated heterocycles. The van der Waals surface area contributed by atoms with Gasteiger partial charge in [0.2, 0.25) is 16.9 Å². The molecule has 156 valence electrons. The van der Waals surface area contributed by atoms with Crippen molar-refractivity contribution in [1.29, 1.82) is 0 Å². The van der Waals surface area contributed by atoms with Crippen molar-refractivity contribution in [3.05, 3.63) is 0 Å². The molecule has 0 spiro atoms. The normalized spacial score (nSPS) is 19.0. The van der Waals surface area contributed by atoms with Crippen LogP contribution in [0.25, 0.3) is 0 Å². The van der Waals surface area contributed by atoms with E-state index < -0.39 is 0 Å². The molecule has 0 aromatic carbocycles. The Morgan fingerprint density at radius 1 is 1.04 bits per heavy atom. The van der Waals surface area contributed by atoms with Crippen LogP contribution in [0.3, 0.4) is 0 Å². The molecule has 0 atom stereocenters. The van der Waals surface area contributed by atoms with Crippen molar-refractivity contribution in [2.75, 3.05) is 11.1 Å². The highest BCUT2D eigenvalue weighted by molar-refractivity contribution is 8.01. The highest BCUT2D eigenvalue weighted by Gasteiger charge is 2.32. The van der Waals surface area contributed by atoms with E-state index in [4.69, 9.17) is 0 Å². The summed E-state index contributed by atoms with van der Waals surface area (Å²) in [5, 5.41) is 11.4. The predicted molar refractivity (Wildman–Crippen MR) is 115 cm³/mol. The zero-order valence-corrected chi connectivity index (χ0v) is 18.6. The van der Waals surface area contributed by atoms with Crippen LogP contribution in [0.5, 0.6) is 0 Å². The van der Waals surface area contributed by atoms with Crippen molar-refractivity contribution in [1.82, 2.24) is 15.1 Å². The number of carbonyl (C=O) groups excluding carboxylic acids is 2. The van der Waals surface area contributed by atoms with Crippen molar-refractivity contribution < 1.29 is 9.59 Å². The first-order valence-corrected chi connectivity index (χ1v) is 12.4. The largest absolute Gasteiger partial charge is 0.336 e. The van der Waals surface area contributed by atoms with Gasteiger partial charge in [-0.2, -0.15) is 0 Å². The van der Waals surface area contributed by atoms with Gasteiger partial charge in [0.05, 0.1) is 5.75 Å². The molecule has 0 aliphatic heterocycles. The molecule has 8 heteroatoms. The van der Waals surface area contributed by atoms with Crippen LogP contribution < -0.4 is 5.32 Å². The minimum absolute atomic E-state index is 0.0652. The highest BCUT2D eigenvalue weighted by atomic mass is 32.2. The van der Waals surface area contributed by atoms with Crippen LogP contribution in [0.15, 0.2) is 4.34 Å². The Morgan fingerprint density at radius 3 is 2.14 bits per heavy atom. The third-order valence-corrected chi connectivity index (χ3v) is 7.66. The fourth-order valence-corrected chi connectivity index (χ4v) is 5.81. The smallest absolute Gasteiger partial charge is 0.233 e. The first-order chi connectivity index (χ1) is 13.5. The summed E-state index contributed by atoms with van der Waals surface area (Å²) in [6, 6.07) is 0.834. The quantitative estimate of drug-likeness (QED) is 0.506. The minimum atomic E-state index is -0.0962. The Balaban J connectivity index is 1.58. The number of carbonyl (C=O) groups is 2. The summed E-state index contributed by atoms with van der Waals surface area (Å²) in [5.41, 5.74) is 0. The number of nitrogens with zero attached hydrogens (tertiary/aromatic N) is 3. The van der Waals surface area contributed by atoms with Gasteiger partial charge in [-0.15, -0.1) is 10.2 Å². The number of nitrogens with one attached hydrogen (secondary N) is 1. The second-order valence-corrected chi connectivity index (χ2v) is 10.4. The average Bonchev–Trinajstić information content (AvgIpc) is 3.15. The molecule has 0 radical (unpaired) electrons. The van der Waals surface area contributed by atoms with Crippen molar-refractivity contribution in [3.8, 4) is 0 Å². The summed E-state index contributed by atoms with van der Waals surface area (Å²) in [5.74, 6) is 0.484. The van der Waals surface area contributed by atoms with E-state index in [1.807, 2.05) is 13.8 Å². The van der Waals surface area contributed by atoms with Gasteiger partial charge in [0.25, 0.3) is 0 Å². The van der Waals surface area contributed by atoms with Gasteiger partial charge in [-0.25, -0.2) is 0 Å². The van der Waals surface area contributed by atoms with Crippen LogP contribution in [0.1, 0.15) is 78.1 Å². The van der Waals surface area contributed by atoms with Gasteiger partial charge in [-0.05, 0) is 25.7 Å². The van der Waals surface area contributed by atoms with E-state index in [1.165, 1.54) is 61.6 Å². The number of aromatic nitrogens is 2. The van der Waals surface area contributed by atoms with E-state index in [0.29, 0.717) is 23.0 Å². The van der Waals surface area contributed by atoms with Crippen molar-refractivity contribution in [3.63, 3.8) is 0 Å². The zero-order valence-electron chi connectivity index (χ0n) is 17.0. The summed E-state index contributed by atoms with van der Waals surface area (Å²) in [6.45, 7) is 3.69. The van der Waals surface area contributed by atoms with Crippen LogP contribution in [-0.4, -0.2) is 44.7 Å². The molecule has 28 heavy (non-hydrogen) atoms. The number of amides is 2. The zero-order chi connectivity index (χ0) is 19.9. The van der Waals surface area contributed by atoms with Gasteiger partial charge in [-0.1, -0.05) is 75.5 Å². The first-order valence-electron chi connectivity index (χ1n) is 10.6. The van der Waals surface area contributed by atoms with Gasteiger partial charge >= 0.3 is 0 Å². The lowest BCUT2D eigenvalue weighted by Crippen LogP contribution is -2.49. The number of anilines is 1. The third kappa shape index (κ3) is 5.92. The Kier molecular flexibility index (Phi) is 8.14. The third-order valence-electron chi connectivity index (χ3n) is 5.70. The summed E-state index contributed by atoms with van der Waals surface area (Å²) >= 11 is 2.79. The van der Waals surface area contributed by atoms with Crippen molar-refractivity contribution in [2.24, 2.45) is 5.92 Å². The summed E-state index contributed by atoms with van der Waals surface area (Å²) in [7, 11) is 0. The minimum Gasteiger partial charge on any atom is -0.336 e. The van der Waals surface area contributed by atoms with Crippen LogP contribution in [0, 0.1) is 5.92 Å². The van der Waals surface area contributed by atoms with Gasteiger partial charge in [0.1, 0.15) is 0 Å². The molecule has 1 aromatic rings. The van der Waals surface area contributed by atoms with Gasteiger partial charge in [-0.3, -0.25) is 9.59 Å². The van der Waals surface area contributed by atoms with Gasteiger partial charge < -0.3 is 10.2 Å². The first kappa shape index (κ1) is 21.6. The standard InChI is InChI=1S/C20H32N4O2S2/c1-14(2)18(26)21-19-22-23-20(28-19)27-13-17(25)24(15-9-5-3-6-10-15)16-11-7-4-8-12-16/h14-16H,3-13H2,1-2H3,(H,21,22,26). The number of thioether (sulfide) groups is 1. The maximum atomic E-state index is 13.2. The Hall–Kier alpha value is -1.15. The van der Waals surface area contributed by atoms with E-state index in [1.54, 1.807) is 0 Å². The van der Waals surface area contributed by atoms with Crippen LogP contribution in [0.2, 0.25) is 0 Å². The monoisotopic (exact) mass is 424 g/mol. The van der Waals surface area contributed by atoms with Crippen LogP contribution in [0.4, 0.5) is 5.13 Å². The molecular formula is C20H32N4O2S2. The topological polar surface area (TPSA) is 75.2 Å². The van der Waals surface area contributed by atoms with Gasteiger partial charge in [0.15, 0.2) is 4.34 Å². The lowest BCUT2D eigenvalue weighted by molar-refractivity contribution is -0.135. The van der Waals surface area contributed by atoms with E-state index in [-0.39, 0.29) is 17.7 Å². The Bertz CT molecular complexity index is 634. The molecular weight excluding hydrogens is 392 g/mol. The molecule has 1 N–H and O–H groups in total. The lowest BCUT2D eigenvalue weighted by Gasteiger charge is -2.41. The molecule has 2 aliphatic carbocycles. The van der Waals surface area contributed by atoms with Gasteiger partial charge in [0, 0.05) is 18.0 Å². The molecule has 0 unspecified atom stereocenters. The molecule has 3 rings (SSSR count). The second kappa shape index (κ2) is 10.6. The maximum absolute atomic E-state index is 13.2. The van der Waals surface area contributed by atoms with Crippen LogP contribution >= 0.6 is 23.1 Å². The molecule has 6 nitrogen and oxygen atoms in total. The van der Waals surface area contributed by atoms with E-state index in [2.05, 4.69) is 20.4 Å². The molecule has 0 bridgehead atoms. The molecule has 2 fully saturated rings. The number of hydrogen-bond acceptors (Lipinski definition) is 6. The van der Waals surface area contributed by atoms with Crippen LogP contribution in [-0.2, 0) is 9.59 Å². The second-order valence-electron chi connectivity index (χ2n) is 8.19. The summed E-state index contributed by atoms with van der Waals surface area (Å²) in [4.78, 5) is 27.2. The van der Waals surface area contributed by atoms with Crippen molar-refractivity contribution in [2.45, 2.75) is 94.5 Å². The maximum Gasteiger partial charge on any atom is 0.233 e. The van der Waals surface area contributed by atoms with E-state index in [0.717, 1.165) is 30.0 Å². The summed E-state index contributed by atoms with van der Waals surface area (Å²) in [6.07, 6.45) is 12.2. The predicted octanol–water partition coefficient (Wildman–Crippen LogP) is 4.72. The van der Waals surface area contributed by atoms with E-state index >= 15 is 0 Å². The number of hydrogen-bond donors (Lipinski definition) is 1. The fraction of sp³-hybridized carbons (Fsp3) is 0.800. The Labute approximate surface area is 176 Å². The highest BCUT2D eigenvalue weighted by Crippen LogP contribution is 2.32. The molecule has 2 aliphatic rings.